The van der Waals surface area contributed by atoms with Crippen molar-refractivity contribution in [2.24, 2.45) is 0 Å². The zero-order valence-electron chi connectivity index (χ0n) is 11.8. The van der Waals surface area contributed by atoms with Crippen LogP contribution in [-0.4, -0.2) is 23.0 Å². The van der Waals surface area contributed by atoms with Crippen molar-refractivity contribution >= 4 is 39.1 Å². The van der Waals surface area contributed by atoms with Gasteiger partial charge in [-0.1, -0.05) is 30.3 Å². The van der Waals surface area contributed by atoms with Crippen molar-refractivity contribution in [2.45, 2.75) is 25.3 Å². The molecule has 0 spiro atoms. The van der Waals surface area contributed by atoms with Gasteiger partial charge in [0.25, 0.3) is 5.91 Å². The van der Waals surface area contributed by atoms with E-state index in [-0.39, 0.29) is 18.4 Å². The van der Waals surface area contributed by atoms with E-state index < -0.39 is 5.97 Å². The average molecular weight is 382 g/mol. The maximum Gasteiger partial charge on any atom is 0.303 e. The number of carboxylic acids is 1. The van der Waals surface area contributed by atoms with Crippen molar-refractivity contribution in [3.63, 3.8) is 0 Å². The quantitative estimate of drug-likeness (QED) is 0.767. The standard InChI is InChI=1S/C16H16BrNO3S/c17-12-9-14(22-10-12)16(21)18-13(6-7-15(19)20)8-11-4-2-1-3-5-11/h1-5,9-10,13H,6-8H2,(H,18,21)(H,19,20). The average Bonchev–Trinajstić information content (AvgIpc) is 2.92. The fourth-order valence-electron chi connectivity index (χ4n) is 2.11. The van der Waals surface area contributed by atoms with E-state index in [1.807, 2.05) is 35.7 Å². The van der Waals surface area contributed by atoms with Crippen LogP contribution in [0.5, 0.6) is 0 Å². The van der Waals surface area contributed by atoms with Gasteiger partial charge in [0.1, 0.15) is 0 Å². The predicted octanol–water partition coefficient (Wildman–Crippen LogP) is 3.72. The van der Waals surface area contributed by atoms with Crippen molar-refractivity contribution in [3.05, 3.63) is 56.7 Å². The number of benzene rings is 1. The second-order valence-electron chi connectivity index (χ2n) is 4.92. The van der Waals surface area contributed by atoms with Gasteiger partial charge in [0.05, 0.1) is 4.88 Å². The molecule has 0 aliphatic carbocycles. The summed E-state index contributed by atoms with van der Waals surface area (Å²) >= 11 is 4.68. The van der Waals surface area contributed by atoms with Gasteiger partial charge in [-0.25, -0.2) is 0 Å². The number of thiophene rings is 1. The molecule has 2 aromatic rings. The van der Waals surface area contributed by atoms with Crippen LogP contribution in [0, 0.1) is 0 Å². The van der Waals surface area contributed by atoms with Gasteiger partial charge >= 0.3 is 5.97 Å². The summed E-state index contributed by atoms with van der Waals surface area (Å²) in [4.78, 5) is 23.6. The molecule has 2 rings (SSSR count). The number of nitrogens with one attached hydrogen (secondary N) is 1. The molecule has 0 fully saturated rings. The fraction of sp³-hybridized carbons (Fsp3) is 0.250. The minimum Gasteiger partial charge on any atom is -0.481 e. The van der Waals surface area contributed by atoms with Crippen molar-refractivity contribution < 1.29 is 14.7 Å². The molecule has 1 aromatic carbocycles. The minimum absolute atomic E-state index is 0.0336. The number of carbonyl (C=O) groups is 2. The lowest BCUT2D eigenvalue weighted by atomic mass is 10.0. The highest BCUT2D eigenvalue weighted by molar-refractivity contribution is 9.10. The third kappa shape index (κ3) is 5.27. The summed E-state index contributed by atoms with van der Waals surface area (Å²) < 4.78 is 0.868. The molecule has 116 valence electrons. The van der Waals surface area contributed by atoms with Crippen LogP contribution in [0.2, 0.25) is 0 Å². The van der Waals surface area contributed by atoms with Gasteiger partial charge in [0, 0.05) is 22.3 Å². The van der Waals surface area contributed by atoms with Gasteiger partial charge in [-0.05, 0) is 40.4 Å². The molecule has 0 bridgehead atoms. The van der Waals surface area contributed by atoms with E-state index in [1.54, 1.807) is 6.07 Å². The molecule has 2 N–H and O–H groups in total. The van der Waals surface area contributed by atoms with Crippen LogP contribution in [0.1, 0.15) is 28.1 Å². The molecule has 4 nitrogen and oxygen atoms in total. The number of halogens is 1. The van der Waals surface area contributed by atoms with Crippen LogP contribution >= 0.6 is 27.3 Å². The maximum absolute atomic E-state index is 12.2. The Labute approximate surface area is 141 Å². The van der Waals surface area contributed by atoms with Gasteiger partial charge in [0.2, 0.25) is 0 Å². The van der Waals surface area contributed by atoms with Crippen molar-refractivity contribution in [1.29, 1.82) is 0 Å². The highest BCUT2D eigenvalue weighted by Crippen LogP contribution is 2.20. The molecule has 1 heterocycles. The Balaban J connectivity index is 2.03. The Kier molecular flexibility index (Phi) is 6.15. The summed E-state index contributed by atoms with van der Waals surface area (Å²) in [6, 6.07) is 11.3. The van der Waals surface area contributed by atoms with Gasteiger partial charge in [0.15, 0.2) is 0 Å². The Morgan fingerprint density at radius 3 is 2.59 bits per heavy atom. The van der Waals surface area contributed by atoms with Crippen LogP contribution in [0.4, 0.5) is 0 Å². The molecule has 1 atom stereocenters. The number of carboxylic acid groups (broad SMARTS) is 1. The van der Waals surface area contributed by atoms with E-state index in [1.165, 1.54) is 11.3 Å². The largest absolute Gasteiger partial charge is 0.481 e. The van der Waals surface area contributed by atoms with E-state index in [0.717, 1.165) is 10.0 Å². The Hall–Kier alpha value is -1.66. The first kappa shape index (κ1) is 16.7. The number of rotatable bonds is 7. The molecule has 6 heteroatoms. The second kappa shape index (κ2) is 8.10. The van der Waals surface area contributed by atoms with Gasteiger partial charge in [-0.2, -0.15) is 0 Å². The molecule has 22 heavy (non-hydrogen) atoms. The van der Waals surface area contributed by atoms with Crippen LogP contribution in [0.25, 0.3) is 0 Å². The summed E-state index contributed by atoms with van der Waals surface area (Å²) in [6.07, 6.45) is 1.06. The van der Waals surface area contributed by atoms with Crippen LogP contribution in [-0.2, 0) is 11.2 Å². The lowest BCUT2D eigenvalue weighted by molar-refractivity contribution is -0.137. The van der Waals surface area contributed by atoms with E-state index in [2.05, 4.69) is 21.2 Å². The molecule has 1 unspecified atom stereocenters. The highest BCUT2D eigenvalue weighted by Gasteiger charge is 2.17. The van der Waals surface area contributed by atoms with Crippen molar-refractivity contribution in [3.8, 4) is 0 Å². The first-order valence-corrected chi connectivity index (χ1v) is 8.52. The summed E-state index contributed by atoms with van der Waals surface area (Å²) in [7, 11) is 0. The molecule has 0 aliphatic rings. The van der Waals surface area contributed by atoms with Gasteiger partial charge in [-0.3, -0.25) is 9.59 Å². The van der Waals surface area contributed by atoms with Crippen molar-refractivity contribution in [1.82, 2.24) is 5.32 Å². The van der Waals surface area contributed by atoms with Crippen molar-refractivity contribution in [2.75, 3.05) is 0 Å². The number of hydrogen-bond acceptors (Lipinski definition) is 3. The van der Waals surface area contributed by atoms with Crippen LogP contribution in [0.15, 0.2) is 46.3 Å². The van der Waals surface area contributed by atoms with Crippen LogP contribution in [0.3, 0.4) is 0 Å². The number of aliphatic carboxylic acids is 1. The first-order chi connectivity index (χ1) is 10.5. The molecular formula is C16H16BrNO3S. The molecule has 1 aromatic heterocycles. The smallest absolute Gasteiger partial charge is 0.303 e. The molecule has 0 saturated carbocycles. The molecule has 1 amide bonds. The topological polar surface area (TPSA) is 66.4 Å². The van der Waals surface area contributed by atoms with Gasteiger partial charge < -0.3 is 10.4 Å². The molecule has 0 saturated heterocycles. The summed E-state index contributed by atoms with van der Waals surface area (Å²) in [6.45, 7) is 0. The summed E-state index contributed by atoms with van der Waals surface area (Å²) in [5.41, 5.74) is 1.07. The Morgan fingerprint density at radius 1 is 1.27 bits per heavy atom. The van der Waals surface area contributed by atoms with E-state index >= 15 is 0 Å². The maximum atomic E-state index is 12.2. The van der Waals surface area contributed by atoms with Crippen LogP contribution < -0.4 is 5.32 Å². The normalized spacial score (nSPS) is 11.9. The third-order valence-corrected chi connectivity index (χ3v) is 4.85. The fourth-order valence-corrected chi connectivity index (χ4v) is 3.44. The lowest BCUT2D eigenvalue weighted by Gasteiger charge is -2.17. The SMILES string of the molecule is O=C(O)CCC(Cc1ccccc1)NC(=O)c1cc(Br)cs1. The predicted molar refractivity (Wildman–Crippen MR) is 90.3 cm³/mol. The van der Waals surface area contributed by atoms with Gasteiger partial charge in [-0.15, -0.1) is 11.3 Å². The zero-order valence-corrected chi connectivity index (χ0v) is 14.2. The third-order valence-electron chi connectivity index (χ3n) is 3.16. The lowest BCUT2D eigenvalue weighted by Crippen LogP contribution is -2.36. The monoisotopic (exact) mass is 381 g/mol. The molecular weight excluding hydrogens is 366 g/mol. The van der Waals surface area contributed by atoms with E-state index in [4.69, 9.17) is 5.11 Å². The number of hydrogen-bond donors (Lipinski definition) is 2. The molecule has 0 radical (unpaired) electrons. The summed E-state index contributed by atoms with van der Waals surface area (Å²) in [5.74, 6) is -1.02. The Bertz CT molecular complexity index is 642. The first-order valence-electron chi connectivity index (χ1n) is 6.85. The number of amides is 1. The Morgan fingerprint density at radius 2 is 2.00 bits per heavy atom. The van der Waals surface area contributed by atoms with E-state index in [9.17, 15) is 9.59 Å². The highest BCUT2D eigenvalue weighted by atomic mass is 79.9. The summed E-state index contributed by atoms with van der Waals surface area (Å²) in [5, 5.41) is 13.6. The molecule has 0 aliphatic heterocycles. The zero-order chi connectivity index (χ0) is 15.9. The van der Waals surface area contributed by atoms with E-state index in [0.29, 0.717) is 17.7 Å². The number of carbonyl (C=O) groups excluding carboxylic acids is 1. The second-order valence-corrected chi connectivity index (χ2v) is 6.75. The minimum atomic E-state index is -0.855.